The first-order valence-corrected chi connectivity index (χ1v) is 16.7. The van der Waals surface area contributed by atoms with Crippen LogP contribution in [-0.2, 0) is 4.74 Å². The Morgan fingerprint density at radius 3 is 1.84 bits per heavy atom. The number of alkyl carbamates (subject to hydrolysis) is 1. The van der Waals surface area contributed by atoms with E-state index in [2.05, 4.69) is 76.5 Å². The van der Waals surface area contributed by atoms with Crippen LogP contribution in [0, 0.1) is 13.8 Å². The number of nitrogens with one attached hydrogen (secondary N) is 3. The predicted octanol–water partition coefficient (Wildman–Crippen LogP) is 6.34. The summed E-state index contributed by atoms with van der Waals surface area (Å²) in [5.41, 5.74) is 10.6. The fraction of sp³-hybridized carbons (Fsp3) is 0.370. The molecule has 6 aromatic rings. The lowest BCUT2D eigenvalue weighted by Crippen LogP contribution is -2.35. The third-order valence-electron chi connectivity index (χ3n) is 6.02. The van der Waals surface area contributed by atoms with Crippen LogP contribution < -0.4 is 21.7 Å². The number of nitrogens with two attached hydrogens (primary N) is 1. The Morgan fingerprint density at radius 1 is 0.884 bits per heavy atom. The second-order valence-corrected chi connectivity index (χ2v) is 15.4. The van der Waals surface area contributed by atoms with Crippen LogP contribution in [0.1, 0.15) is 32.2 Å². The van der Waals surface area contributed by atoms with E-state index in [0.29, 0.717) is 32.0 Å². The van der Waals surface area contributed by atoms with Gasteiger partial charge in [0.2, 0.25) is 0 Å². The molecule has 0 aromatic carbocycles. The van der Waals surface area contributed by atoms with Gasteiger partial charge in [-0.3, -0.25) is 8.80 Å². The van der Waals surface area contributed by atoms with E-state index in [4.69, 9.17) is 10.5 Å². The maximum atomic E-state index is 11.7. The first-order chi connectivity index (χ1) is 20.4. The Bertz CT molecular complexity index is 1920. The summed E-state index contributed by atoms with van der Waals surface area (Å²) in [4.78, 5) is 32.0. The van der Waals surface area contributed by atoms with Crippen molar-refractivity contribution in [2.45, 2.75) is 40.2 Å². The molecule has 0 radical (unpaired) electrons. The van der Waals surface area contributed by atoms with Gasteiger partial charge in [-0.25, -0.2) is 24.7 Å². The number of rotatable bonds is 7. The summed E-state index contributed by atoms with van der Waals surface area (Å²) in [6, 6.07) is 4.01. The SMILES string of the molecule is Cc1cnc2c(NCCN)nc3cc(Br)sc3n12.Cc1cnc2c(NCCNC(=O)OC(C)(C)C)nc3cc(Br)sc3n12. The molecule has 5 N–H and O–H groups in total. The molecular weight excluding hydrogens is 720 g/mol. The van der Waals surface area contributed by atoms with Crippen molar-refractivity contribution in [3.8, 4) is 0 Å². The lowest BCUT2D eigenvalue weighted by molar-refractivity contribution is 0.0530. The number of carbonyl (C=O) groups excluding carboxylic acids is 1. The normalized spacial score (nSPS) is 11.7. The van der Waals surface area contributed by atoms with Crippen molar-refractivity contribution in [3.63, 3.8) is 0 Å². The van der Waals surface area contributed by atoms with Crippen LogP contribution in [0.25, 0.3) is 32.0 Å². The molecular formula is C27H32Br2N10O2S2. The number of imidazole rings is 2. The number of thiophene rings is 2. The minimum Gasteiger partial charge on any atom is -0.444 e. The quantitative estimate of drug-likeness (QED) is 0.137. The average molecular weight is 753 g/mol. The Labute approximate surface area is 272 Å². The highest BCUT2D eigenvalue weighted by Crippen LogP contribution is 2.33. The zero-order valence-corrected chi connectivity index (χ0v) is 29.1. The second kappa shape index (κ2) is 12.9. The fourth-order valence-corrected chi connectivity index (χ4v) is 7.44. The molecule has 16 heteroatoms. The monoisotopic (exact) mass is 750 g/mol. The van der Waals surface area contributed by atoms with Crippen molar-refractivity contribution in [2.24, 2.45) is 5.73 Å². The van der Waals surface area contributed by atoms with E-state index in [-0.39, 0.29) is 0 Å². The maximum Gasteiger partial charge on any atom is 0.407 e. The van der Waals surface area contributed by atoms with Crippen molar-refractivity contribution >= 4 is 104 Å². The standard InChI is InChI=1S/C16H20BrN5O2S.C11H12BrN5S/c1-9-8-20-13-12(18-5-6-19-15(23)24-16(2,3)4)21-10-7-11(17)25-14(10)22(9)13;1-6-5-15-10-9(14-3-2-13)16-7-4-8(12)18-11(7)17(6)10/h7-8H,5-6H2,1-4H3,(H,18,21)(H,19,23);4-5H,2-3,13H2,1H3,(H,14,16). The number of aryl methyl sites for hydroxylation is 2. The number of ether oxygens (including phenoxy) is 1. The van der Waals surface area contributed by atoms with E-state index in [0.717, 1.165) is 56.8 Å². The molecule has 0 aliphatic heterocycles. The van der Waals surface area contributed by atoms with Gasteiger partial charge in [-0.2, -0.15) is 0 Å². The molecule has 0 aliphatic rings. The molecule has 0 atom stereocenters. The summed E-state index contributed by atoms with van der Waals surface area (Å²) < 4.78 is 11.5. The van der Waals surface area contributed by atoms with Gasteiger partial charge in [0.05, 0.1) is 7.57 Å². The first kappa shape index (κ1) is 31.4. The van der Waals surface area contributed by atoms with Gasteiger partial charge in [-0.15, -0.1) is 22.7 Å². The van der Waals surface area contributed by atoms with E-state index in [1.165, 1.54) is 0 Å². The largest absolute Gasteiger partial charge is 0.444 e. The van der Waals surface area contributed by atoms with Gasteiger partial charge in [-0.05, 0) is 78.6 Å². The number of hydrogen-bond donors (Lipinski definition) is 4. The number of hydrogen-bond acceptors (Lipinski definition) is 11. The molecule has 0 unspecified atom stereocenters. The van der Waals surface area contributed by atoms with E-state index in [9.17, 15) is 4.79 Å². The number of carbonyl (C=O) groups is 1. The second-order valence-electron chi connectivity index (χ2n) is 10.6. The van der Waals surface area contributed by atoms with Gasteiger partial charge in [0.15, 0.2) is 22.9 Å². The molecule has 0 saturated carbocycles. The average Bonchev–Trinajstić information content (AvgIpc) is 3.69. The summed E-state index contributed by atoms with van der Waals surface area (Å²) in [5.74, 6) is 1.48. The van der Waals surface area contributed by atoms with Crippen LogP contribution in [0.2, 0.25) is 0 Å². The van der Waals surface area contributed by atoms with E-state index in [1.54, 1.807) is 22.7 Å². The highest BCUT2D eigenvalue weighted by atomic mass is 79.9. The van der Waals surface area contributed by atoms with Crippen LogP contribution in [0.3, 0.4) is 0 Å². The minimum absolute atomic E-state index is 0.424. The van der Waals surface area contributed by atoms with Crippen molar-refractivity contribution in [1.82, 2.24) is 34.1 Å². The molecule has 0 aliphatic carbocycles. The fourth-order valence-electron chi connectivity index (χ4n) is 4.32. The molecule has 0 saturated heterocycles. The molecule has 1 amide bonds. The van der Waals surface area contributed by atoms with Crippen LogP contribution >= 0.6 is 54.5 Å². The maximum absolute atomic E-state index is 11.7. The zero-order valence-electron chi connectivity index (χ0n) is 24.3. The number of aromatic nitrogens is 6. The molecule has 6 rings (SSSR count). The number of fused-ring (bicyclic) bond motifs is 6. The van der Waals surface area contributed by atoms with E-state index in [1.807, 2.05) is 59.1 Å². The topological polar surface area (TPSA) is 149 Å². The van der Waals surface area contributed by atoms with Crippen LogP contribution in [0.5, 0.6) is 0 Å². The number of anilines is 2. The Balaban J connectivity index is 0.000000180. The minimum atomic E-state index is -0.504. The van der Waals surface area contributed by atoms with Crippen molar-refractivity contribution in [1.29, 1.82) is 0 Å². The number of amides is 1. The van der Waals surface area contributed by atoms with Gasteiger partial charge in [-0.1, -0.05) is 0 Å². The lowest BCUT2D eigenvalue weighted by Gasteiger charge is -2.19. The summed E-state index contributed by atoms with van der Waals surface area (Å²) in [6.07, 6.45) is 3.26. The summed E-state index contributed by atoms with van der Waals surface area (Å²) in [7, 11) is 0. The number of nitrogens with zero attached hydrogens (tertiary/aromatic N) is 6. The molecule has 0 fully saturated rings. The highest BCUT2D eigenvalue weighted by Gasteiger charge is 2.17. The van der Waals surface area contributed by atoms with Crippen molar-refractivity contribution in [2.75, 3.05) is 36.8 Å². The Kier molecular flexibility index (Phi) is 9.41. The van der Waals surface area contributed by atoms with Gasteiger partial charge in [0, 0.05) is 50.0 Å². The van der Waals surface area contributed by atoms with Crippen molar-refractivity contribution < 1.29 is 9.53 Å². The Hall–Kier alpha value is -3.05. The van der Waals surface area contributed by atoms with Gasteiger partial charge in [0.25, 0.3) is 0 Å². The van der Waals surface area contributed by atoms with Gasteiger partial charge in [0.1, 0.15) is 26.3 Å². The van der Waals surface area contributed by atoms with Crippen LogP contribution in [-0.4, -0.2) is 66.6 Å². The van der Waals surface area contributed by atoms with E-state index >= 15 is 0 Å². The first-order valence-electron chi connectivity index (χ1n) is 13.5. The third kappa shape index (κ3) is 7.03. The predicted molar refractivity (Wildman–Crippen MR) is 182 cm³/mol. The summed E-state index contributed by atoms with van der Waals surface area (Å²) >= 11 is 10.3. The van der Waals surface area contributed by atoms with Gasteiger partial charge >= 0.3 is 6.09 Å². The summed E-state index contributed by atoms with van der Waals surface area (Å²) in [5, 5.41) is 9.19. The molecule has 6 heterocycles. The molecule has 43 heavy (non-hydrogen) atoms. The zero-order chi connectivity index (χ0) is 30.9. The molecule has 0 spiro atoms. The Morgan fingerprint density at radius 2 is 1.37 bits per heavy atom. The van der Waals surface area contributed by atoms with Crippen LogP contribution in [0.15, 0.2) is 32.1 Å². The van der Waals surface area contributed by atoms with E-state index < -0.39 is 11.7 Å². The summed E-state index contributed by atoms with van der Waals surface area (Å²) in [6.45, 7) is 11.8. The van der Waals surface area contributed by atoms with Crippen molar-refractivity contribution in [3.05, 3.63) is 43.5 Å². The molecule has 12 nitrogen and oxygen atoms in total. The third-order valence-corrected chi connectivity index (χ3v) is 9.24. The van der Waals surface area contributed by atoms with Gasteiger partial charge < -0.3 is 26.4 Å². The van der Waals surface area contributed by atoms with Crippen LogP contribution in [0.4, 0.5) is 16.4 Å². The molecule has 0 bridgehead atoms. The highest BCUT2D eigenvalue weighted by molar-refractivity contribution is 9.11. The lowest BCUT2D eigenvalue weighted by atomic mass is 10.2. The molecule has 228 valence electrons. The molecule has 6 aromatic heterocycles. The smallest absolute Gasteiger partial charge is 0.407 e. The number of halogens is 2.